The number of halogens is 1. The normalized spacial score (nSPS) is 18.4. The maximum Gasteiger partial charge on any atom is 0.414 e. The van der Waals surface area contributed by atoms with Crippen molar-refractivity contribution in [3.05, 3.63) is 53.0 Å². The van der Waals surface area contributed by atoms with Crippen LogP contribution in [-0.4, -0.2) is 47.8 Å². The van der Waals surface area contributed by atoms with E-state index in [-0.39, 0.29) is 12.1 Å². The lowest BCUT2D eigenvalue weighted by molar-refractivity contribution is 0.136. The maximum absolute atomic E-state index is 12.4. The zero-order valence-electron chi connectivity index (χ0n) is 19.0. The Bertz CT molecular complexity index is 865. The standard InChI is InChI=1S/C22H28N4O3S.CH3Cl/c1-4-6-13-23-29-24-17(3)21(5-2)30-25-14-11-19(12-15-25)26-20-10-8-7-9-18(20)16-28-22(26)27;1-2/h4-10,13,19H,11-12,14-16H2,1-3H3;1H3/b6-4-,21-5+,23-13+,24-17+;. The second-order valence-electron chi connectivity index (χ2n) is 7.00. The predicted molar refractivity (Wildman–Crippen MR) is 134 cm³/mol. The molecule has 0 radical (unpaired) electrons. The van der Waals surface area contributed by atoms with Crippen molar-refractivity contribution in [1.82, 2.24) is 4.31 Å². The lowest BCUT2D eigenvalue weighted by atomic mass is 10.0. The Kier molecular flexibility index (Phi) is 11.3. The third kappa shape index (κ3) is 7.12. The van der Waals surface area contributed by atoms with Gasteiger partial charge in [0.2, 0.25) is 0 Å². The lowest BCUT2D eigenvalue weighted by Gasteiger charge is -2.39. The van der Waals surface area contributed by atoms with E-state index in [4.69, 9.17) is 9.68 Å². The largest absolute Gasteiger partial charge is 0.444 e. The molecule has 0 aromatic heterocycles. The van der Waals surface area contributed by atoms with Crippen molar-refractivity contribution in [2.75, 3.05) is 24.4 Å². The molecule has 1 amide bonds. The van der Waals surface area contributed by atoms with Crippen LogP contribution in [-0.2, 0) is 16.3 Å². The quantitative estimate of drug-likeness (QED) is 0.209. The Hall–Kier alpha value is -2.29. The molecule has 2 aliphatic rings. The fourth-order valence-electron chi connectivity index (χ4n) is 3.46. The number of ether oxygens (including phenoxy) is 1. The number of cyclic esters (lactones) is 1. The van der Waals surface area contributed by atoms with Crippen molar-refractivity contribution in [2.24, 2.45) is 10.3 Å². The number of fused-ring (bicyclic) bond motifs is 1. The van der Waals surface area contributed by atoms with Gasteiger partial charge in [0.15, 0.2) is 0 Å². The number of carbonyl (C=O) groups is 1. The Balaban J connectivity index is 0.00000176. The molecule has 1 fully saturated rings. The second kappa shape index (κ2) is 14.0. The van der Waals surface area contributed by atoms with Crippen LogP contribution in [0.1, 0.15) is 39.2 Å². The van der Waals surface area contributed by atoms with Crippen LogP contribution in [0.25, 0.3) is 0 Å². The van der Waals surface area contributed by atoms with Crippen LogP contribution in [0.4, 0.5) is 10.5 Å². The van der Waals surface area contributed by atoms with Gasteiger partial charge < -0.3 is 4.74 Å². The van der Waals surface area contributed by atoms with Crippen molar-refractivity contribution in [3.63, 3.8) is 0 Å². The van der Waals surface area contributed by atoms with E-state index >= 15 is 0 Å². The monoisotopic (exact) mass is 478 g/mol. The van der Waals surface area contributed by atoms with E-state index in [0.29, 0.717) is 6.61 Å². The van der Waals surface area contributed by atoms with Gasteiger partial charge in [-0.3, -0.25) is 4.90 Å². The van der Waals surface area contributed by atoms with Crippen LogP contribution in [0.15, 0.2) is 57.7 Å². The highest BCUT2D eigenvalue weighted by molar-refractivity contribution is 8.01. The summed E-state index contributed by atoms with van der Waals surface area (Å²) in [5.74, 6) is 0. The first-order chi connectivity index (χ1) is 15.6. The molecule has 3 rings (SSSR count). The summed E-state index contributed by atoms with van der Waals surface area (Å²) in [7, 11) is 0. The van der Waals surface area contributed by atoms with Crippen LogP contribution >= 0.6 is 23.5 Å². The van der Waals surface area contributed by atoms with Crippen molar-refractivity contribution in [3.8, 4) is 0 Å². The number of para-hydroxylation sites is 1. The summed E-state index contributed by atoms with van der Waals surface area (Å²) in [6.45, 7) is 7.88. The molecule has 1 aromatic rings. The first kappa shape index (κ1) is 26.0. The smallest absolute Gasteiger partial charge is 0.414 e. The molecule has 0 N–H and O–H groups in total. The summed E-state index contributed by atoms with van der Waals surface area (Å²) >= 11 is 6.30. The number of hydrogen-bond acceptors (Lipinski definition) is 7. The minimum Gasteiger partial charge on any atom is -0.444 e. The molecule has 9 heteroatoms. The molecule has 2 aliphatic heterocycles. The molecule has 174 valence electrons. The first-order valence-corrected chi connectivity index (χ1v) is 12.0. The topological polar surface area (TPSA) is 66.7 Å². The fraction of sp³-hybridized carbons (Fsp3) is 0.435. The Morgan fingerprint density at radius 1 is 1.25 bits per heavy atom. The van der Waals surface area contributed by atoms with Crippen molar-refractivity contribution >= 4 is 47.3 Å². The van der Waals surface area contributed by atoms with Crippen LogP contribution in [0.5, 0.6) is 0 Å². The van der Waals surface area contributed by atoms with Crippen molar-refractivity contribution in [1.29, 1.82) is 0 Å². The second-order valence-corrected chi connectivity index (χ2v) is 8.14. The molecule has 0 aliphatic carbocycles. The highest BCUT2D eigenvalue weighted by Gasteiger charge is 2.34. The number of oxime groups is 2. The number of hydrogen-bond donors (Lipinski definition) is 0. The van der Waals surface area contributed by atoms with Crippen molar-refractivity contribution in [2.45, 2.75) is 46.3 Å². The van der Waals surface area contributed by atoms with Gasteiger partial charge in [0.1, 0.15) is 6.61 Å². The minimum absolute atomic E-state index is 0.143. The van der Waals surface area contributed by atoms with Crippen LogP contribution < -0.4 is 4.90 Å². The Morgan fingerprint density at radius 3 is 2.66 bits per heavy atom. The first-order valence-electron chi connectivity index (χ1n) is 10.5. The number of benzene rings is 1. The minimum atomic E-state index is -0.243. The molecule has 0 unspecified atom stereocenters. The van der Waals surface area contributed by atoms with E-state index in [1.54, 1.807) is 24.2 Å². The summed E-state index contributed by atoms with van der Waals surface area (Å²) in [5.41, 5.74) is 2.82. The molecular weight excluding hydrogens is 448 g/mol. The number of alkyl halides is 1. The number of allylic oxidation sites excluding steroid dienone is 4. The van der Waals surface area contributed by atoms with Gasteiger partial charge in [-0.25, -0.2) is 14.0 Å². The molecule has 1 saturated heterocycles. The molecule has 32 heavy (non-hydrogen) atoms. The van der Waals surface area contributed by atoms with Gasteiger partial charge in [-0.05, 0) is 57.7 Å². The third-order valence-corrected chi connectivity index (χ3v) is 6.35. The summed E-state index contributed by atoms with van der Waals surface area (Å²) in [6.07, 6.45) is 10.2. The molecule has 0 atom stereocenters. The maximum atomic E-state index is 12.4. The van der Waals surface area contributed by atoms with Crippen molar-refractivity contribution < 1.29 is 14.5 Å². The molecule has 2 heterocycles. The van der Waals surface area contributed by atoms with Crippen LogP contribution in [0, 0.1) is 0 Å². The average Bonchev–Trinajstić information content (AvgIpc) is 2.84. The van der Waals surface area contributed by atoms with E-state index in [0.717, 1.165) is 47.8 Å². The molecule has 0 bridgehead atoms. The average molecular weight is 479 g/mol. The van der Waals surface area contributed by atoms with Crippen LogP contribution in [0.2, 0.25) is 0 Å². The summed E-state index contributed by atoms with van der Waals surface area (Å²) < 4.78 is 7.69. The predicted octanol–water partition coefficient (Wildman–Crippen LogP) is 5.97. The number of anilines is 1. The van der Waals surface area contributed by atoms with E-state index in [1.165, 1.54) is 6.38 Å². The zero-order chi connectivity index (χ0) is 23.3. The van der Waals surface area contributed by atoms with Gasteiger partial charge in [-0.15, -0.1) is 11.6 Å². The summed E-state index contributed by atoms with van der Waals surface area (Å²) in [6, 6.07) is 8.12. The van der Waals surface area contributed by atoms with E-state index < -0.39 is 0 Å². The lowest BCUT2D eigenvalue weighted by Crippen LogP contribution is -2.48. The molecule has 0 spiro atoms. The van der Waals surface area contributed by atoms with Gasteiger partial charge >= 0.3 is 6.09 Å². The zero-order valence-corrected chi connectivity index (χ0v) is 20.6. The highest BCUT2D eigenvalue weighted by Crippen LogP contribution is 2.34. The molecule has 7 nitrogen and oxygen atoms in total. The molecule has 1 aromatic carbocycles. The molecule has 0 saturated carbocycles. The number of amides is 1. The van der Waals surface area contributed by atoms with Gasteiger partial charge in [0.25, 0.3) is 0 Å². The van der Waals surface area contributed by atoms with Gasteiger partial charge in [0, 0.05) is 36.0 Å². The van der Waals surface area contributed by atoms with Gasteiger partial charge in [-0.1, -0.05) is 40.7 Å². The van der Waals surface area contributed by atoms with E-state index in [9.17, 15) is 4.79 Å². The van der Waals surface area contributed by atoms with Gasteiger partial charge in [0.05, 0.1) is 17.6 Å². The SMILES string of the molecule is C/C=C\C=N\O/N=C(C)/C(=C\C)SN1CCC(N2C(=O)OCc3ccccc32)CC1.CCl. The number of nitrogens with zero attached hydrogens (tertiary/aromatic N) is 4. The van der Waals surface area contributed by atoms with Crippen LogP contribution in [0.3, 0.4) is 0 Å². The third-order valence-electron chi connectivity index (χ3n) is 5.00. The Labute approximate surface area is 199 Å². The Morgan fingerprint density at radius 2 is 1.97 bits per heavy atom. The van der Waals surface area contributed by atoms with E-state index in [1.807, 2.05) is 62.1 Å². The van der Waals surface area contributed by atoms with Gasteiger partial charge in [-0.2, -0.15) is 0 Å². The molecular formula is C23H31ClN4O3S. The summed E-state index contributed by atoms with van der Waals surface area (Å²) in [4.78, 5) is 20.3. The highest BCUT2D eigenvalue weighted by atomic mass is 35.5. The van der Waals surface area contributed by atoms with E-state index in [2.05, 4.69) is 26.2 Å². The summed E-state index contributed by atoms with van der Waals surface area (Å²) in [5, 5.41) is 7.81. The number of rotatable bonds is 7. The number of carbonyl (C=O) groups excluding carboxylic acids is 1. The number of piperidine rings is 1. The fourth-order valence-corrected chi connectivity index (χ4v) is 4.40.